The largest absolute Gasteiger partial charge is 0.486 e. The number of carbonyl (C=O) groups is 2. The molecular formula is C21H23NO7S. The number of sulfonamides is 1. The van der Waals surface area contributed by atoms with E-state index < -0.39 is 34.4 Å². The first-order valence-corrected chi connectivity index (χ1v) is 10.9. The first-order valence-electron chi connectivity index (χ1n) is 9.45. The van der Waals surface area contributed by atoms with Crippen molar-refractivity contribution in [1.82, 2.24) is 4.72 Å². The molecule has 0 unspecified atom stereocenters. The molecule has 1 atom stereocenters. The lowest BCUT2D eigenvalue weighted by molar-refractivity contribution is -0.145. The molecule has 0 aliphatic carbocycles. The van der Waals surface area contributed by atoms with Crippen LogP contribution in [-0.2, 0) is 19.6 Å². The molecule has 1 N–H and O–H groups in total. The van der Waals surface area contributed by atoms with Gasteiger partial charge in [-0.2, -0.15) is 4.72 Å². The van der Waals surface area contributed by atoms with Crippen LogP contribution in [0.15, 0.2) is 53.4 Å². The number of nitrogens with one attached hydrogen (secondary N) is 1. The maximum atomic E-state index is 12.5. The van der Waals surface area contributed by atoms with Gasteiger partial charge in [-0.1, -0.05) is 32.0 Å². The number of fused-ring (bicyclic) bond motifs is 1. The molecule has 0 bridgehead atoms. The lowest BCUT2D eigenvalue weighted by Crippen LogP contribution is -2.45. The summed E-state index contributed by atoms with van der Waals surface area (Å²) < 4.78 is 43.4. The molecule has 3 rings (SSSR count). The Bertz CT molecular complexity index is 1020. The second-order valence-electron chi connectivity index (χ2n) is 7.05. The van der Waals surface area contributed by atoms with Crippen LogP contribution in [0.2, 0.25) is 0 Å². The van der Waals surface area contributed by atoms with Gasteiger partial charge in [0.2, 0.25) is 10.0 Å². The summed E-state index contributed by atoms with van der Waals surface area (Å²) in [6.45, 7) is 3.67. The van der Waals surface area contributed by atoms with Gasteiger partial charge in [0.25, 0.3) is 0 Å². The number of esters is 1. The van der Waals surface area contributed by atoms with Gasteiger partial charge in [0, 0.05) is 5.56 Å². The number of carbonyl (C=O) groups excluding carboxylic acids is 2. The molecule has 0 fully saturated rings. The van der Waals surface area contributed by atoms with E-state index >= 15 is 0 Å². The predicted octanol–water partition coefficient (Wildman–Crippen LogP) is 2.19. The number of hydrogen-bond acceptors (Lipinski definition) is 7. The van der Waals surface area contributed by atoms with Gasteiger partial charge in [0.1, 0.15) is 19.3 Å². The summed E-state index contributed by atoms with van der Waals surface area (Å²) in [6, 6.07) is 11.3. The summed E-state index contributed by atoms with van der Waals surface area (Å²) >= 11 is 0. The number of Topliss-reactive ketones (excluding diaryl/α,β-unsaturated/α-hetero) is 1. The van der Waals surface area contributed by atoms with Crippen LogP contribution in [0, 0.1) is 5.92 Å². The zero-order valence-corrected chi connectivity index (χ0v) is 17.5. The van der Waals surface area contributed by atoms with Crippen LogP contribution in [0.3, 0.4) is 0 Å². The van der Waals surface area contributed by atoms with E-state index in [9.17, 15) is 18.0 Å². The molecule has 8 nitrogen and oxygen atoms in total. The summed E-state index contributed by atoms with van der Waals surface area (Å²) in [6.07, 6.45) is 0. The maximum absolute atomic E-state index is 12.5. The highest BCUT2D eigenvalue weighted by molar-refractivity contribution is 7.89. The Hall–Kier alpha value is -2.91. The molecule has 30 heavy (non-hydrogen) atoms. The lowest BCUT2D eigenvalue weighted by Gasteiger charge is -2.21. The van der Waals surface area contributed by atoms with Crippen LogP contribution in [0.5, 0.6) is 11.5 Å². The number of ketones is 1. The number of hydrogen-bond donors (Lipinski definition) is 1. The Morgan fingerprint density at radius 1 is 1.03 bits per heavy atom. The molecule has 0 radical (unpaired) electrons. The van der Waals surface area contributed by atoms with Gasteiger partial charge in [-0.3, -0.25) is 9.59 Å². The van der Waals surface area contributed by atoms with Gasteiger partial charge in [-0.15, -0.1) is 0 Å². The SMILES string of the molecule is CC(C)[C@H](NS(=O)(=O)c1ccccc1)C(=O)OCC(=O)c1ccc2c(c1)OCCO2. The van der Waals surface area contributed by atoms with Crippen molar-refractivity contribution in [2.45, 2.75) is 24.8 Å². The van der Waals surface area contributed by atoms with E-state index in [4.69, 9.17) is 14.2 Å². The fourth-order valence-corrected chi connectivity index (χ4v) is 4.17. The molecule has 0 aromatic heterocycles. The summed E-state index contributed by atoms with van der Waals surface area (Å²) in [7, 11) is -3.92. The van der Waals surface area contributed by atoms with Crippen LogP contribution >= 0.6 is 0 Å². The summed E-state index contributed by atoms with van der Waals surface area (Å²) in [5.74, 6) is -0.649. The average Bonchev–Trinajstić information content (AvgIpc) is 2.75. The average molecular weight is 433 g/mol. The van der Waals surface area contributed by atoms with Gasteiger partial charge in [0.15, 0.2) is 23.9 Å². The third-order valence-corrected chi connectivity index (χ3v) is 5.92. The van der Waals surface area contributed by atoms with Crippen LogP contribution in [-0.4, -0.2) is 46.0 Å². The molecule has 1 aliphatic rings. The van der Waals surface area contributed by atoms with Crippen LogP contribution in [0.4, 0.5) is 0 Å². The quantitative estimate of drug-likeness (QED) is 0.502. The van der Waals surface area contributed by atoms with Gasteiger partial charge in [-0.25, -0.2) is 8.42 Å². The minimum Gasteiger partial charge on any atom is -0.486 e. The van der Waals surface area contributed by atoms with Crippen molar-refractivity contribution in [3.05, 3.63) is 54.1 Å². The molecule has 0 spiro atoms. The highest BCUT2D eigenvalue weighted by atomic mass is 32.2. The van der Waals surface area contributed by atoms with Crippen molar-refractivity contribution in [3.8, 4) is 11.5 Å². The molecule has 2 aromatic rings. The molecule has 0 saturated heterocycles. The summed E-state index contributed by atoms with van der Waals surface area (Å²) in [5, 5.41) is 0. The smallest absolute Gasteiger partial charge is 0.324 e. The Balaban J connectivity index is 1.65. The molecule has 0 amide bonds. The monoisotopic (exact) mass is 433 g/mol. The van der Waals surface area contributed by atoms with Gasteiger partial charge < -0.3 is 14.2 Å². The van der Waals surface area contributed by atoms with E-state index in [1.807, 2.05) is 0 Å². The summed E-state index contributed by atoms with van der Waals surface area (Å²) in [5.41, 5.74) is 0.304. The second-order valence-corrected chi connectivity index (χ2v) is 8.76. The fourth-order valence-electron chi connectivity index (χ4n) is 2.82. The van der Waals surface area contributed by atoms with Gasteiger partial charge in [-0.05, 0) is 36.2 Å². The highest BCUT2D eigenvalue weighted by Crippen LogP contribution is 2.30. The van der Waals surface area contributed by atoms with Crippen LogP contribution in [0.1, 0.15) is 24.2 Å². The van der Waals surface area contributed by atoms with Crippen molar-refractivity contribution in [3.63, 3.8) is 0 Å². The standard InChI is InChI=1S/C21H23NO7S/c1-14(2)20(22-30(25,26)16-6-4-3-5-7-16)21(24)29-13-17(23)15-8-9-18-19(12-15)28-11-10-27-18/h3-9,12,14,20,22H,10-11,13H2,1-2H3/t20-/m0/s1. The molecular weight excluding hydrogens is 410 g/mol. The van der Waals surface area contributed by atoms with Crippen LogP contribution < -0.4 is 14.2 Å². The van der Waals surface area contributed by atoms with Crippen molar-refractivity contribution in [2.24, 2.45) is 5.92 Å². The van der Waals surface area contributed by atoms with E-state index in [0.717, 1.165) is 0 Å². The number of ether oxygens (including phenoxy) is 3. The fraction of sp³-hybridized carbons (Fsp3) is 0.333. The van der Waals surface area contributed by atoms with E-state index in [1.165, 1.54) is 18.2 Å². The zero-order chi connectivity index (χ0) is 21.7. The van der Waals surface area contributed by atoms with Crippen molar-refractivity contribution in [1.29, 1.82) is 0 Å². The zero-order valence-electron chi connectivity index (χ0n) is 16.7. The third kappa shape index (κ3) is 5.17. The van der Waals surface area contributed by atoms with Gasteiger partial charge >= 0.3 is 5.97 Å². The van der Waals surface area contributed by atoms with Gasteiger partial charge in [0.05, 0.1) is 4.90 Å². The first-order chi connectivity index (χ1) is 14.3. The van der Waals surface area contributed by atoms with Crippen molar-refractivity contribution in [2.75, 3.05) is 19.8 Å². The third-order valence-electron chi connectivity index (χ3n) is 4.47. The predicted molar refractivity (Wildman–Crippen MR) is 108 cm³/mol. The minimum atomic E-state index is -3.92. The Kier molecular flexibility index (Phi) is 6.73. The Morgan fingerprint density at radius 2 is 1.70 bits per heavy atom. The molecule has 9 heteroatoms. The molecule has 2 aromatic carbocycles. The van der Waals surface area contributed by atoms with E-state index in [-0.39, 0.29) is 10.8 Å². The highest BCUT2D eigenvalue weighted by Gasteiger charge is 2.30. The topological polar surface area (TPSA) is 108 Å². The van der Waals surface area contributed by atoms with Crippen LogP contribution in [0.25, 0.3) is 0 Å². The van der Waals surface area contributed by atoms with E-state index in [0.29, 0.717) is 30.3 Å². The number of rotatable bonds is 8. The lowest BCUT2D eigenvalue weighted by atomic mass is 10.1. The van der Waals surface area contributed by atoms with Crippen molar-refractivity contribution < 1.29 is 32.2 Å². The summed E-state index contributed by atoms with van der Waals surface area (Å²) in [4.78, 5) is 25.0. The Labute approximate surface area is 175 Å². The Morgan fingerprint density at radius 3 is 2.37 bits per heavy atom. The van der Waals surface area contributed by atoms with E-state index in [2.05, 4.69) is 4.72 Å². The van der Waals surface area contributed by atoms with Crippen molar-refractivity contribution >= 4 is 21.8 Å². The second kappa shape index (κ2) is 9.27. The molecule has 1 heterocycles. The molecule has 0 saturated carbocycles. The number of benzene rings is 2. The minimum absolute atomic E-state index is 0.0378. The molecule has 1 aliphatic heterocycles. The molecule has 160 valence electrons. The normalized spacial score (nSPS) is 14.2. The maximum Gasteiger partial charge on any atom is 0.324 e. The first kappa shape index (κ1) is 21.8. The van der Waals surface area contributed by atoms with E-state index in [1.54, 1.807) is 44.2 Å².